The molecule has 7 aromatic carbocycles. The smallest absolute Gasteiger partial charge is 0.0964 e. The van der Waals surface area contributed by atoms with Gasteiger partial charge in [-0.3, -0.25) is 9.97 Å². The van der Waals surface area contributed by atoms with Gasteiger partial charge in [0.1, 0.15) is 0 Å². The van der Waals surface area contributed by atoms with Crippen molar-refractivity contribution in [3.05, 3.63) is 260 Å². The van der Waals surface area contributed by atoms with Crippen molar-refractivity contribution in [2.24, 2.45) is 0 Å². The second kappa shape index (κ2) is 33.1. The van der Waals surface area contributed by atoms with Gasteiger partial charge in [0, 0.05) is 23.2 Å². The van der Waals surface area contributed by atoms with Crippen LogP contribution in [0.4, 0.5) is 0 Å². The predicted octanol–water partition coefficient (Wildman–Crippen LogP) is 9.28. The Morgan fingerprint density at radius 3 is 0.708 bits per heavy atom. The molecule has 0 saturated heterocycles. The first-order valence-electron chi connectivity index (χ1n) is 18.6. The molecule has 13 heteroatoms. The maximum absolute atomic E-state index is 11.6. The summed E-state index contributed by atoms with van der Waals surface area (Å²) in [5, 5.41) is 8.34. The fraction of sp³-hybridized carbons (Fsp3) is 0. The number of aromatic nitrogens is 2. The Labute approximate surface area is 425 Å². The van der Waals surface area contributed by atoms with Gasteiger partial charge in [0.15, 0.2) is 0 Å². The summed E-state index contributed by atoms with van der Waals surface area (Å²) in [6.07, 6.45) is 3.60. The van der Waals surface area contributed by atoms with Crippen LogP contribution in [0.3, 0.4) is 0 Å². The molecular weight excluding hydrogens is 1090 g/mol. The average molecular weight is 1140 g/mol. The first-order valence-corrected chi connectivity index (χ1v) is 27.5. The molecule has 6 nitrogen and oxygen atoms in total. The van der Waals surface area contributed by atoms with Crippen molar-refractivity contribution in [3.8, 4) is 0 Å². The monoisotopic (exact) mass is 1140 g/mol. The Bertz CT molecular complexity index is 2290. The van der Waals surface area contributed by atoms with E-state index in [2.05, 4.69) is 34.2 Å². The molecule has 0 saturated carbocycles. The van der Waals surface area contributed by atoms with E-state index in [1.807, 2.05) is 194 Å². The van der Waals surface area contributed by atoms with Gasteiger partial charge < -0.3 is 39.3 Å². The van der Waals surface area contributed by atoms with Crippen LogP contribution in [0.1, 0.15) is 0 Å². The van der Waals surface area contributed by atoms with Gasteiger partial charge in [0.05, 0.1) is 11.0 Å². The number of fused-ring (bicyclic) bond motifs is 3. The van der Waals surface area contributed by atoms with Crippen molar-refractivity contribution in [2.45, 2.75) is 0 Å². The van der Waals surface area contributed by atoms with Crippen LogP contribution in [-0.4, -0.2) is 36.2 Å². The van der Waals surface area contributed by atoms with Gasteiger partial charge in [0.2, 0.25) is 0 Å². The Kier molecular flexibility index (Phi) is 30.9. The molecule has 2 N–H and O–H groups in total. The van der Waals surface area contributed by atoms with Crippen LogP contribution in [0.2, 0.25) is 0 Å². The molecule has 0 aliphatic carbocycles. The molecule has 337 valence electrons. The minimum Gasteiger partial charge on any atom is -0.254 e. The van der Waals surface area contributed by atoms with Crippen LogP contribution in [0.25, 0.3) is 21.8 Å². The second-order valence-corrected chi connectivity index (χ2v) is 21.1. The number of rotatable bonds is 6. The molecule has 0 spiro atoms. The molecule has 65 heavy (non-hydrogen) atoms. The number of hydrogen-bond acceptors (Lipinski definition) is 6. The summed E-state index contributed by atoms with van der Waals surface area (Å²) in [6, 6.07) is 72.1. The van der Waals surface area contributed by atoms with E-state index in [0.29, 0.717) is 0 Å². The largest absolute Gasteiger partial charge is 0.254 e. The van der Waals surface area contributed by atoms with E-state index < -0.39 is 16.6 Å². The zero-order valence-electron chi connectivity index (χ0n) is 36.6. The van der Waals surface area contributed by atoms with E-state index in [4.69, 9.17) is 27.7 Å². The number of benzene rings is 7. The molecule has 0 fully saturated rings. The molecule has 0 aliphatic rings. The van der Waals surface area contributed by atoms with Gasteiger partial charge in [-0.25, -0.2) is 0 Å². The van der Waals surface area contributed by atoms with Gasteiger partial charge in [0.25, 0.3) is 16.6 Å². The van der Waals surface area contributed by atoms with E-state index in [9.17, 15) is 9.59 Å². The van der Waals surface area contributed by atoms with Crippen molar-refractivity contribution < 1.29 is 61.6 Å². The van der Waals surface area contributed by atoms with Crippen LogP contribution < -0.4 is 31.1 Å². The van der Waals surface area contributed by atoms with Crippen molar-refractivity contribution in [2.75, 3.05) is 0 Å². The van der Waals surface area contributed by atoms with Crippen molar-refractivity contribution in [1.29, 1.82) is 7.46 Å². The first kappa shape index (κ1) is 60.6. The summed E-state index contributed by atoms with van der Waals surface area (Å²) >= 11 is 1.91. The quantitative estimate of drug-likeness (QED) is 0.0744. The number of nitrogens with zero attached hydrogens (tertiary/aromatic N) is 4. The number of hydrogen-bond donors (Lipinski definition) is 2. The molecule has 0 bridgehead atoms. The van der Waals surface area contributed by atoms with Gasteiger partial charge in [-0.2, -0.15) is 0 Å². The van der Waals surface area contributed by atoms with Gasteiger partial charge in [-0.1, -0.05) is 206 Å². The van der Waals surface area contributed by atoms with E-state index in [1.165, 1.54) is 0 Å². The van der Waals surface area contributed by atoms with Crippen molar-refractivity contribution >= 4 is 89.8 Å². The zero-order valence-corrected chi connectivity index (χ0v) is 45.3. The van der Waals surface area contributed by atoms with E-state index in [1.54, 1.807) is 12.4 Å². The molecule has 0 aliphatic heterocycles. The molecule has 2 heterocycles. The van der Waals surface area contributed by atoms with Crippen LogP contribution in [0, 0.1) is 37.2 Å². The molecule has 9 rings (SSSR count). The van der Waals surface area contributed by atoms with Gasteiger partial charge in [-0.15, -0.1) is 0 Å². The fourth-order valence-electron chi connectivity index (χ4n) is 6.76. The van der Waals surface area contributed by atoms with Crippen LogP contribution >= 0.6 is 20.2 Å². The maximum Gasteiger partial charge on any atom is 0.0964 e. The third-order valence-corrected chi connectivity index (χ3v) is 16.5. The minimum atomic E-state index is -2.88. The van der Waals surface area contributed by atoms with E-state index in [-0.39, 0.29) is 42.8 Å². The summed E-state index contributed by atoms with van der Waals surface area (Å²) in [6.45, 7) is 0. The fourth-order valence-corrected chi connectivity index (χ4v) is 12.8. The molecule has 0 amide bonds. The van der Waals surface area contributed by atoms with Gasteiger partial charge >= 0.3 is 79.7 Å². The van der Waals surface area contributed by atoms with Crippen LogP contribution in [0.5, 0.6) is 0 Å². The normalized spacial score (nSPS) is 9.60. The summed E-state index contributed by atoms with van der Waals surface area (Å²) in [7, 11) is 3.83. The van der Waals surface area contributed by atoms with Crippen molar-refractivity contribution in [1.82, 2.24) is 9.97 Å². The molecular formula is C52H52Cl2MnMo2N4O2Si2-4. The Hall–Kier alpha value is -4.39. The summed E-state index contributed by atoms with van der Waals surface area (Å²) in [4.78, 5) is 31.8. The minimum absolute atomic E-state index is 0. The van der Waals surface area contributed by atoms with Crippen LogP contribution in [0.15, 0.2) is 231 Å². The van der Waals surface area contributed by atoms with E-state index >= 15 is 0 Å². The molecule has 2 aromatic heterocycles. The standard InChI is InChI=1S/2C18H16OSi.C12H8N2.4CH3.2ClH.Mn.2Mo.2N/c2*19-20(16-10-4-1-5-11-16,17-12-6-2-7-13-17)18-14-8-3-9-15-18;1-3-9-5-6-10-4-2-8-14-12(10)11(9)13-7-1;;;;;;;;;;;/h2*1-15,19H;1-8H;4*1H3;2*1H;;;;;/q;;;4*-1;;;+2;;;;/p-2. The molecule has 0 radical (unpaired) electrons. The Morgan fingerprint density at radius 2 is 0.523 bits per heavy atom. The predicted molar refractivity (Wildman–Crippen MR) is 270 cm³/mol. The molecule has 9 aromatic rings. The average Bonchev–Trinajstić information content (AvgIpc) is 3.37. The third-order valence-electron chi connectivity index (χ3n) is 9.49. The Morgan fingerprint density at radius 1 is 0.338 bits per heavy atom. The summed E-state index contributed by atoms with van der Waals surface area (Å²) < 4.78 is 14.0. The maximum atomic E-state index is 11.6. The number of halogens is 2. The van der Waals surface area contributed by atoms with Crippen LogP contribution in [-0.2, 0) is 52.0 Å². The molecule has 0 atom stereocenters. The topological polar surface area (TPSA) is 114 Å². The zero-order chi connectivity index (χ0) is 43.8. The van der Waals surface area contributed by atoms with Gasteiger partial charge in [-0.05, 0) is 43.3 Å². The summed E-state index contributed by atoms with van der Waals surface area (Å²) in [5.41, 5.74) is 1.95. The van der Waals surface area contributed by atoms with E-state index in [0.717, 1.165) is 91.8 Å². The molecule has 0 unspecified atom stereocenters. The third kappa shape index (κ3) is 16.2. The summed E-state index contributed by atoms with van der Waals surface area (Å²) in [5.74, 6) is 0. The number of pyridine rings is 2. The first-order chi connectivity index (χ1) is 30.0. The SMILES string of the molecule is O[Si](c1ccccc1)(c1ccccc1)c1ccccc1.O[Si](c1ccccc1)(c1ccccc1)c1ccccc1.[CH3-].[CH3-].[CH3-].[CH3-].[Cl][Mn][Cl].[N]#[Mo].[N]#[Mo].c1cnc2c(c1)ccc1cccnc12. The second-order valence-electron chi connectivity index (χ2n) is 12.9. The Balaban J connectivity index is 0.000000868. The van der Waals surface area contributed by atoms with Crippen molar-refractivity contribution in [3.63, 3.8) is 0 Å².